The summed E-state index contributed by atoms with van der Waals surface area (Å²) in [6, 6.07) is 18.3. The lowest BCUT2D eigenvalue weighted by molar-refractivity contribution is 0.0935. The molecule has 1 aliphatic heterocycles. The van der Waals surface area contributed by atoms with Crippen molar-refractivity contribution in [3.63, 3.8) is 0 Å². The Bertz CT molecular complexity index is 1880. The molecule has 3 aromatic heterocycles. The van der Waals surface area contributed by atoms with E-state index in [9.17, 15) is 14.0 Å². The van der Waals surface area contributed by atoms with Gasteiger partial charge in [-0.05, 0) is 79.3 Å². The molecule has 0 aliphatic carbocycles. The van der Waals surface area contributed by atoms with E-state index in [4.69, 9.17) is 10.7 Å². The second-order valence-corrected chi connectivity index (χ2v) is 12.1. The SMILES string of the molecule is Cc1ccc(Cn2ccc3cc(-c4c(C(N)=O)c(CC(C)C)nc5c4C(=O)N[C@@]5(C)Cc4ccc(F)cc4)ccc32)cn1. The lowest BCUT2D eigenvalue weighted by atomic mass is 9.84. The van der Waals surface area contributed by atoms with Crippen LogP contribution in [-0.2, 0) is 24.9 Å². The molecule has 5 aromatic rings. The number of hydrogen-bond donors (Lipinski definition) is 2. The van der Waals surface area contributed by atoms with E-state index in [2.05, 4.69) is 34.8 Å². The third-order valence-corrected chi connectivity index (χ3v) is 8.12. The summed E-state index contributed by atoms with van der Waals surface area (Å²) in [5, 5.41) is 4.10. The number of nitrogens with one attached hydrogen (secondary N) is 1. The number of carbonyl (C=O) groups excluding carboxylic acids is 2. The van der Waals surface area contributed by atoms with E-state index in [1.165, 1.54) is 12.1 Å². The number of aryl methyl sites for hydroxylation is 1. The molecule has 2 amide bonds. The quantitative estimate of drug-likeness (QED) is 0.234. The van der Waals surface area contributed by atoms with Gasteiger partial charge in [0.05, 0.1) is 28.1 Å². The van der Waals surface area contributed by atoms with Crippen LogP contribution in [0.15, 0.2) is 73.1 Å². The number of nitrogens with zero attached hydrogens (tertiary/aromatic N) is 3. The second-order valence-electron chi connectivity index (χ2n) is 12.1. The van der Waals surface area contributed by atoms with Gasteiger partial charge in [-0.3, -0.25) is 19.6 Å². The summed E-state index contributed by atoms with van der Waals surface area (Å²) in [7, 11) is 0. The summed E-state index contributed by atoms with van der Waals surface area (Å²) in [6.07, 6.45) is 4.83. The molecule has 1 atom stereocenters. The highest BCUT2D eigenvalue weighted by molar-refractivity contribution is 6.12. The van der Waals surface area contributed by atoms with E-state index in [0.29, 0.717) is 41.9 Å². The molecule has 0 fully saturated rings. The van der Waals surface area contributed by atoms with Crippen molar-refractivity contribution in [2.75, 3.05) is 0 Å². The average Bonchev–Trinajstić information content (AvgIpc) is 3.46. The molecular weight excluding hydrogens is 541 g/mol. The van der Waals surface area contributed by atoms with Crippen LogP contribution in [0.4, 0.5) is 4.39 Å². The van der Waals surface area contributed by atoms with Crippen LogP contribution >= 0.6 is 0 Å². The van der Waals surface area contributed by atoms with E-state index in [1.54, 1.807) is 12.1 Å². The van der Waals surface area contributed by atoms with Crippen LogP contribution in [0.25, 0.3) is 22.0 Å². The van der Waals surface area contributed by atoms with Crippen molar-refractivity contribution < 1.29 is 14.0 Å². The second kappa shape index (κ2) is 10.8. The molecule has 0 saturated heterocycles. The number of benzene rings is 2. The van der Waals surface area contributed by atoms with E-state index >= 15 is 0 Å². The minimum atomic E-state index is -0.865. The first-order valence-corrected chi connectivity index (χ1v) is 14.5. The van der Waals surface area contributed by atoms with Crippen molar-refractivity contribution in [3.05, 3.63) is 118 Å². The van der Waals surface area contributed by atoms with Crippen molar-refractivity contribution in [1.82, 2.24) is 19.9 Å². The summed E-state index contributed by atoms with van der Waals surface area (Å²) in [6.45, 7) is 8.65. The Balaban J connectivity index is 1.51. The van der Waals surface area contributed by atoms with Crippen LogP contribution < -0.4 is 11.1 Å². The highest BCUT2D eigenvalue weighted by Crippen LogP contribution is 2.42. The molecule has 0 saturated carbocycles. The smallest absolute Gasteiger partial charge is 0.254 e. The largest absolute Gasteiger partial charge is 0.366 e. The molecule has 0 unspecified atom stereocenters. The summed E-state index contributed by atoms with van der Waals surface area (Å²) < 4.78 is 15.8. The Kier molecular flexibility index (Phi) is 7.08. The number of aromatic nitrogens is 3. The highest BCUT2D eigenvalue weighted by atomic mass is 19.1. The van der Waals surface area contributed by atoms with Crippen LogP contribution in [0.3, 0.4) is 0 Å². The minimum absolute atomic E-state index is 0.192. The van der Waals surface area contributed by atoms with Crippen LogP contribution in [0.2, 0.25) is 0 Å². The number of primary amides is 1. The molecule has 4 heterocycles. The summed E-state index contributed by atoms with van der Waals surface area (Å²) in [5.41, 5.74) is 12.1. The van der Waals surface area contributed by atoms with Gasteiger partial charge < -0.3 is 15.6 Å². The number of carbonyl (C=O) groups is 2. The third kappa shape index (κ3) is 5.29. The standard InChI is InChI=1S/C35H34FN5O2/c1-20(2)15-27-30(33(37)42)29(31-32(39-27)35(4,40-34(31)43)17-22-7-10-26(36)11-8-22)25-9-12-28-24(16-25)13-14-41(28)19-23-6-5-21(3)38-18-23/h5-14,16,18,20H,15,17,19H2,1-4H3,(H2,37,42)(H,40,43)/t35-/m0/s1. The van der Waals surface area contributed by atoms with Crippen molar-refractivity contribution in [1.29, 1.82) is 0 Å². The number of halogens is 1. The van der Waals surface area contributed by atoms with E-state index in [-0.39, 0.29) is 23.2 Å². The molecule has 2 aromatic carbocycles. The number of nitrogens with two attached hydrogens (primary N) is 1. The number of pyridine rings is 2. The number of rotatable bonds is 8. The zero-order valence-electron chi connectivity index (χ0n) is 24.7. The van der Waals surface area contributed by atoms with E-state index < -0.39 is 11.4 Å². The minimum Gasteiger partial charge on any atom is -0.366 e. The molecule has 1 aliphatic rings. The van der Waals surface area contributed by atoms with Crippen LogP contribution in [0.1, 0.15) is 69.7 Å². The maximum atomic E-state index is 13.7. The molecular formula is C35H34FN5O2. The normalized spacial score (nSPS) is 16.1. The van der Waals surface area contributed by atoms with Gasteiger partial charge in [-0.15, -0.1) is 0 Å². The van der Waals surface area contributed by atoms with E-state index in [1.807, 2.05) is 56.6 Å². The molecule has 0 bridgehead atoms. The van der Waals surface area contributed by atoms with Crippen LogP contribution in [0, 0.1) is 18.7 Å². The molecule has 6 rings (SSSR count). The van der Waals surface area contributed by atoms with Crippen molar-refractivity contribution >= 4 is 22.7 Å². The zero-order valence-corrected chi connectivity index (χ0v) is 24.7. The maximum Gasteiger partial charge on any atom is 0.254 e. The van der Waals surface area contributed by atoms with Crippen LogP contribution in [-0.4, -0.2) is 26.3 Å². The number of amides is 2. The highest BCUT2D eigenvalue weighted by Gasteiger charge is 2.44. The fourth-order valence-electron chi connectivity index (χ4n) is 6.14. The average molecular weight is 576 g/mol. The first-order chi connectivity index (χ1) is 20.5. The maximum absolute atomic E-state index is 13.7. The van der Waals surface area contributed by atoms with Gasteiger partial charge in [0, 0.05) is 47.5 Å². The fraction of sp³-hybridized carbons (Fsp3) is 0.257. The lowest BCUT2D eigenvalue weighted by Crippen LogP contribution is -2.39. The van der Waals surface area contributed by atoms with Crippen LogP contribution in [0.5, 0.6) is 0 Å². The van der Waals surface area contributed by atoms with Gasteiger partial charge in [-0.1, -0.05) is 38.1 Å². The predicted octanol–water partition coefficient (Wildman–Crippen LogP) is 6.09. The Morgan fingerprint density at radius 2 is 1.79 bits per heavy atom. The molecule has 7 nitrogen and oxygen atoms in total. The summed E-state index contributed by atoms with van der Waals surface area (Å²) >= 11 is 0. The van der Waals surface area contributed by atoms with Crippen molar-refractivity contribution in [2.45, 2.75) is 52.6 Å². The van der Waals surface area contributed by atoms with Gasteiger partial charge in [0.15, 0.2) is 0 Å². The molecule has 0 radical (unpaired) electrons. The van der Waals surface area contributed by atoms with Gasteiger partial charge in [0.25, 0.3) is 11.8 Å². The Hall–Kier alpha value is -4.85. The van der Waals surface area contributed by atoms with Gasteiger partial charge in [0.1, 0.15) is 5.82 Å². The lowest BCUT2D eigenvalue weighted by Gasteiger charge is -2.26. The third-order valence-electron chi connectivity index (χ3n) is 8.12. The summed E-state index contributed by atoms with van der Waals surface area (Å²) in [4.78, 5) is 36.2. The molecule has 3 N–H and O–H groups in total. The number of fused-ring (bicyclic) bond motifs is 2. The molecule has 0 spiro atoms. The fourth-order valence-corrected chi connectivity index (χ4v) is 6.14. The van der Waals surface area contributed by atoms with E-state index in [0.717, 1.165) is 33.3 Å². The van der Waals surface area contributed by atoms with Gasteiger partial charge in [-0.25, -0.2) is 4.39 Å². The Morgan fingerprint density at radius 3 is 2.47 bits per heavy atom. The zero-order chi connectivity index (χ0) is 30.5. The predicted molar refractivity (Wildman–Crippen MR) is 165 cm³/mol. The van der Waals surface area contributed by atoms with Crippen molar-refractivity contribution in [2.24, 2.45) is 11.7 Å². The molecule has 218 valence electrons. The number of hydrogen-bond acceptors (Lipinski definition) is 4. The Labute approximate surface area is 250 Å². The summed E-state index contributed by atoms with van der Waals surface area (Å²) in [5.74, 6) is -1.07. The molecule has 43 heavy (non-hydrogen) atoms. The van der Waals surface area contributed by atoms with Crippen molar-refractivity contribution in [3.8, 4) is 11.1 Å². The molecule has 8 heteroatoms. The monoisotopic (exact) mass is 575 g/mol. The topological polar surface area (TPSA) is 103 Å². The van der Waals surface area contributed by atoms with Gasteiger partial charge in [-0.2, -0.15) is 0 Å². The first-order valence-electron chi connectivity index (χ1n) is 14.5. The first kappa shape index (κ1) is 28.3. The van der Waals surface area contributed by atoms with Gasteiger partial charge in [0.2, 0.25) is 0 Å². The Morgan fingerprint density at radius 1 is 1.05 bits per heavy atom. The van der Waals surface area contributed by atoms with Gasteiger partial charge >= 0.3 is 0 Å².